The number of carboxylic acid groups (broad SMARTS) is 1. The number of fused-ring (bicyclic) bond motifs is 1. The zero-order chi connectivity index (χ0) is 85.2. The Labute approximate surface area is 663 Å². The minimum absolute atomic E-state index is 0.0574. The minimum Gasteiger partial charge on any atom is -0.508 e. The van der Waals surface area contributed by atoms with Gasteiger partial charge in [-0.2, -0.15) is 0 Å². The topological polar surface area (TPSA) is 607 Å². The van der Waals surface area contributed by atoms with Crippen LogP contribution in [0.2, 0.25) is 0 Å². The van der Waals surface area contributed by atoms with Gasteiger partial charge in [0.05, 0.1) is 19.0 Å². The average Bonchev–Trinajstić information content (AvgIpc) is 1.70. The number of aliphatic carboxylic acids is 1. The van der Waals surface area contributed by atoms with Gasteiger partial charge < -0.3 is 111 Å². The van der Waals surface area contributed by atoms with E-state index in [9.17, 15) is 87.5 Å². The molecule has 38 nitrogen and oxygen atoms in total. The van der Waals surface area contributed by atoms with Gasteiger partial charge in [0.15, 0.2) is 0 Å². The number of hydrogen-bond acceptors (Lipinski definition) is 20. The first kappa shape index (κ1) is 93.3. The highest BCUT2D eigenvalue weighted by Gasteiger charge is 2.39. The van der Waals surface area contributed by atoms with Crippen LogP contribution in [0.5, 0.6) is 5.75 Å². The fourth-order valence-corrected chi connectivity index (χ4v) is 12.2. The van der Waals surface area contributed by atoms with Crippen LogP contribution in [0.3, 0.4) is 0 Å². The maximum absolute atomic E-state index is 15.2. The number of phenolic OH excluding ortho intramolecular Hbond substituents is 1. The lowest BCUT2D eigenvalue weighted by molar-refractivity contribution is -0.139. The number of imidazole rings is 1. The molecule has 115 heavy (non-hydrogen) atoms. The SMILES string of the molecule is CC(=O)NCCCC[C@H](NC(=O)[C@H](CC(C)C)NC(=O)[C@H](CCC(N)=O)NC(=O)[C@H](C)NC(=O)[C@H](Cc1c[nH]c2ccccc12)NC(=O)[C@H](Cc1ccc(O)cc1)NC(=O)[C@H](Cc1cnc[nH]1)NC(=O)[C@H](CCC(=O)O)NC(=O)[C@H](Cc1ccccc1)NC(=O)[C@@H](NC(=O)[C@H](CC(C)C)NC(C)=O)[C@@H](C)O)C(=O)N[C@@H](CO)C(N)=O. The molecule has 23 N–H and O–H groups in total. The van der Waals surface area contributed by atoms with Crippen molar-refractivity contribution in [1.82, 2.24) is 84.1 Å². The van der Waals surface area contributed by atoms with Crippen LogP contribution in [0.25, 0.3) is 10.9 Å². The number of phenols is 1. The maximum atomic E-state index is 15.2. The molecule has 15 amide bonds. The molecule has 626 valence electrons. The van der Waals surface area contributed by atoms with Crippen molar-refractivity contribution in [2.24, 2.45) is 23.3 Å². The van der Waals surface area contributed by atoms with E-state index in [-0.39, 0.29) is 80.7 Å². The van der Waals surface area contributed by atoms with Crippen molar-refractivity contribution in [3.05, 3.63) is 120 Å². The number of aliphatic hydroxyl groups excluding tert-OH is 2. The van der Waals surface area contributed by atoms with Crippen LogP contribution in [0, 0.1) is 11.8 Å². The molecule has 0 unspecified atom stereocenters. The Hall–Kier alpha value is -12.3. The van der Waals surface area contributed by atoms with Crippen LogP contribution < -0.4 is 80.6 Å². The van der Waals surface area contributed by atoms with Gasteiger partial charge in [-0.3, -0.25) is 76.7 Å². The Morgan fingerprint density at radius 1 is 0.452 bits per heavy atom. The van der Waals surface area contributed by atoms with E-state index in [1.165, 1.54) is 64.5 Å². The molecule has 13 atom stereocenters. The quantitative estimate of drug-likeness (QED) is 0.0174. The average molecular weight is 1610 g/mol. The number of primary amides is 2. The summed E-state index contributed by atoms with van der Waals surface area (Å²) in [5.74, 6) is -15.9. The Kier molecular flexibility index (Phi) is 37.8. The van der Waals surface area contributed by atoms with Gasteiger partial charge in [-0.1, -0.05) is 88.4 Å². The molecule has 3 aromatic carbocycles. The van der Waals surface area contributed by atoms with E-state index in [2.05, 4.69) is 84.1 Å². The molecule has 0 saturated heterocycles. The number of aliphatic hydroxyl groups is 2. The van der Waals surface area contributed by atoms with Crippen molar-refractivity contribution in [2.75, 3.05) is 13.2 Å². The number of aromatic hydroxyl groups is 1. The van der Waals surface area contributed by atoms with Gasteiger partial charge in [0.2, 0.25) is 88.6 Å². The van der Waals surface area contributed by atoms with Gasteiger partial charge in [-0.25, -0.2) is 4.98 Å². The number of carbonyl (C=O) groups is 16. The summed E-state index contributed by atoms with van der Waals surface area (Å²) in [7, 11) is 0. The molecule has 5 rings (SSSR count). The van der Waals surface area contributed by atoms with Crippen molar-refractivity contribution in [2.45, 2.75) is 217 Å². The Morgan fingerprint density at radius 2 is 0.904 bits per heavy atom. The van der Waals surface area contributed by atoms with Crippen molar-refractivity contribution >= 4 is 105 Å². The summed E-state index contributed by atoms with van der Waals surface area (Å²) < 4.78 is 0. The van der Waals surface area contributed by atoms with E-state index in [4.69, 9.17) is 11.5 Å². The number of hydrogen-bond donors (Lipinski definition) is 21. The molecule has 0 aliphatic heterocycles. The molecule has 0 saturated carbocycles. The van der Waals surface area contributed by atoms with E-state index in [0.717, 1.165) is 0 Å². The third kappa shape index (κ3) is 32.3. The molecule has 2 aromatic heterocycles. The van der Waals surface area contributed by atoms with Crippen LogP contribution >= 0.6 is 0 Å². The van der Waals surface area contributed by atoms with Crippen LogP contribution in [0.15, 0.2) is 97.6 Å². The molecule has 38 heteroatoms. The molecular formula is C77H108N18O20. The van der Waals surface area contributed by atoms with Gasteiger partial charge in [0.25, 0.3) is 0 Å². The number of H-pyrrole nitrogens is 2. The number of nitrogens with zero attached hydrogens (tertiary/aromatic N) is 1. The second kappa shape index (κ2) is 46.6. The van der Waals surface area contributed by atoms with Crippen LogP contribution in [-0.4, -0.2) is 222 Å². The van der Waals surface area contributed by atoms with Crippen molar-refractivity contribution in [3.8, 4) is 5.75 Å². The maximum Gasteiger partial charge on any atom is 0.303 e. The monoisotopic (exact) mass is 1600 g/mol. The second-order valence-corrected chi connectivity index (χ2v) is 28.9. The molecule has 0 radical (unpaired) electrons. The lowest BCUT2D eigenvalue weighted by atomic mass is 10.0. The van der Waals surface area contributed by atoms with E-state index >= 15 is 9.59 Å². The van der Waals surface area contributed by atoms with E-state index < -0.39 is 206 Å². The number of rotatable bonds is 49. The molecular weight excluding hydrogens is 1500 g/mol. The number of benzene rings is 3. The summed E-state index contributed by atoms with van der Waals surface area (Å²) in [5, 5.41) is 74.5. The van der Waals surface area contributed by atoms with Crippen molar-refractivity contribution in [1.29, 1.82) is 0 Å². The number of nitrogens with two attached hydrogens (primary N) is 2. The zero-order valence-electron chi connectivity index (χ0n) is 65.4. The molecule has 0 spiro atoms. The molecule has 2 heterocycles. The number of aromatic amines is 2. The lowest BCUT2D eigenvalue weighted by Crippen LogP contribution is -2.62. The summed E-state index contributed by atoms with van der Waals surface area (Å²) in [6.45, 7) is 11.3. The first-order chi connectivity index (χ1) is 54.4. The number of aromatic nitrogens is 3. The standard InChI is InChI=1S/C77H108N18O20/c1-40(2)30-56(85-45(8)99)76(114)95-65(43(6)97)77(115)93-59(32-46-16-10-9-11-17-46)73(111)88-55(26-28-64(102)103)70(108)92-61(35-49-37-80-39-83-49)75(113)90-58(33-47-21-23-50(100)24-22-47)74(112)91-60(34-48-36-82-52-19-13-12-18-51(48)52)71(109)84-42(5)67(105)86-54(25-27-63(78)101)69(107)89-57(31-41(3)4)72(110)87-53(20-14-15-29-81-44(7)98)68(106)94-62(38-96)66(79)104/h9-13,16-19,21-24,36-37,39-43,53-62,65,82,96-97,100H,14-15,20,25-35,38H2,1-8H3,(H2,78,101)(H2,79,104)(H,80,83)(H,81,98)(H,84,109)(H,85,99)(H,86,105)(H,87,110)(H,88,111)(H,89,107)(H,90,113)(H,91,112)(H,92,108)(H,93,115)(H,94,106)(H,95,114)(H,102,103)/t42-,43+,53-,54-,55-,56-,57-,58-,59-,60-,61-,62-,65-/m0/s1. The molecule has 0 bridgehead atoms. The summed E-state index contributed by atoms with van der Waals surface area (Å²) in [6.07, 6.45) is -0.492. The molecule has 0 fully saturated rings. The van der Waals surface area contributed by atoms with Crippen LogP contribution in [0.1, 0.15) is 136 Å². The number of unbranched alkanes of at least 4 members (excludes halogenated alkanes) is 1. The minimum atomic E-state index is -1.80. The van der Waals surface area contributed by atoms with Crippen LogP contribution in [-0.2, 0) is 102 Å². The number of para-hydroxylation sites is 1. The third-order valence-corrected chi connectivity index (χ3v) is 18.2. The molecule has 5 aromatic rings. The highest BCUT2D eigenvalue weighted by atomic mass is 16.4. The van der Waals surface area contributed by atoms with Crippen molar-refractivity contribution in [3.63, 3.8) is 0 Å². The van der Waals surface area contributed by atoms with E-state index in [0.29, 0.717) is 34.0 Å². The summed E-state index contributed by atoms with van der Waals surface area (Å²) in [4.78, 5) is 229. The predicted molar refractivity (Wildman–Crippen MR) is 415 cm³/mol. The number of carbonyl (C=O) groups excluding carboxylic acids is 15. The Balaban J connectivity index is 1.46. The van der Waals surface area contributed by atoms with Gasteiger partial charge in [-0.05, 0) is 106 Å². The highest BCUT2D eigenvalue weighted by molar-refractivity contribution is 6.00. The second-order valence-electron chi connectivity index (χ2n) is 28.9. The molecule has 0 aliphatic rings. The lowest BCUT2D eigenvalue weighted by Gasteiger charge is -2.29. The van der Waals surface area contributed by atoms with Crippen molar-refractivity contribution < 1.29 is 97.1 Å². The first-order valence-electron chi connectivity index (χ1n) is 37.7. The molecule has 0 aliphatic carbocycles. The van der Waals surface area contributed by atoms with Gasteiger partial charge >= 0.3 is 5.97 Å². The Morgan fingerprint density at radius 3 is 1.42 bits per heavy atom. The fourth-order valence-electron chi connectivity index (χ4n) is 12.2. The number of amides is 15. The highest BCUT2D eigenvalue weighted by Crippen LogP contribution is 2.21. The number of carboxylic acids is 1. The van der Waals surface area contributed by atoms with E-state index in [1.807, 2.05) is 0 Å². The summed E-state index contributed by atoms with van der Waals surface area (Å²) >= 11 is 0. The van der Waals surface area contributed by atoms with E-state index in [1.54, 1.807) is 88.5 Å². The largest absolute Gasteiger partial charge is 0.508 e. The fraction of sp³-hybridized carbons (Fsp3) is 0.494. The predicted octanol–water partition coefficient (Wildman–Crippen LogP) is -2.89. The van der Waals surface area contributed by atoms with Gasteiger partial charge in [0.1, 0.15) is 78.3 Å². The number of nitrogens with one attached hydrogen (secondary N) is 15. The third-order valence-electron chi connectivity index (χ3n) is 18.2. The summed E-state index contributed by atoms with van der Waals surface area (Å²) in [6, 6.07) is 1.72. The zero-order valence-corrected chi connectivity index (χ0v) is 65.4. The first-order valence-corrected chi connectivity index (χ1v) is 37.7. The Bertz CT molecular complexity index is 4160. The van der Waals surface area contributed by atoms with Gasteiger partial charge in [0, 0.05) is 87.9 Å². The summed E-state index contributed by atoms with van der Waals surface area (Å²) in [5.41, 5.74) is 13.0. The van der Waals surface area contributed by atoms with Gasteiger partial charge in [-0.15, -0.1) is 0 Å². The smallest absolute Gasteiger partial charge is 0.303 e. The normalized spacial score (nSPS) is 14.6. The van der Waals surface area contributed by atoms with Crippen LogP contribution in [0.4, 0.5) is 0 Å².